The Balaban J connectivity index is 1.66. The summed E-state index contributed by atoms with van der Waals surface area (Å²) in [6.07, 6.45) is 4.89. The van der Waals surface area contributed by atoms with Gasteiger partial charge in [-0.3, -0.25) is 0 Å². The highest BCUT2D eigenvalue weighted by molar-refractivity contribution is 6.01. The summed E-state index contributed by atoms with van der Waals surface area (Å²) in [5, 5.41) is 2.66. The van der Waals surface area contributed by atoms with E-state index in [1.807, 2.05) is 6.08 Å². The molecule has 5 rings (SSSR count). The van der Waals surface area contributed by atoms with Crippen molar-refractivity contribution < 1.29 is 0 Å². The van der Waals surface area contributed by atoms with E-state index in [2.05, 4.69) is 122 Å². The summed E-state index contributed by atoms with van der Waals surface area (Å²) in [6.45, 7) is 3.91. The number of benzene rings is 5. The molecule has 0 heterocycles. The number of fused-ring (bicyclic) bond motifs is 1. The smallest absolute Gasteiger partial charge is 0.00728 e. The molecule has 0 saturated heterocycles. The maximum Gasteiger partial charge on any atom is -0.00728 e. The van der Waals surface area contributed by atoms with E-state index in [-0.39, 0.29) is 0 Å². The molecule has 0 radical (unpaired) electrons. The molecule has 33 heavy (non-hydrogen) atoms. The molecular weight excluding hydrogens is 396 g/mol. The molecule has 0 unspecified atom stereocenters. The third-order valence-corrected chi connectivity index (χ3v) is 6.31. The van der Waals surface area contributed by atoms with E-state index in [9.17, 15) is 0 Å². The zero-order valence-electron chi connectivity index (χ0n) is 18.9. The van der Waals surface area contributed by atoms with Crippen molar-refractivity contribution in [2.24, 2.45) is 0 Å². The minimum Gasteiger partial charge on any atom is -0.103 e. The SMILES string of the molecule is C=CCc1cccc(-c2cc(CCc3ccccc3)c3c(-c4ccccc4)cccc3c2)c1. The Kier molecular flexibility index (Phi) is 6.17. The number of rotatable bonds is 7. The van der Waals surface area contributed by atoms with E-state index < -0.39 is 0 Å². The fourth-order valence-corrected chi connectivity index (χ4v) is 4.71. The van der Waals surface area contributed by atoms with Crippen LogP contribution in [0.2, 0.25) is 0 Å². The minimum absolute atomic E-state index is 0.889. The summed E-state index contributed by atoms with van der Waals surface area (Å²) in [6, 6.07) is 41.8. The van der Waals surface area contributed by atoms with Gasteiger partial charge in [-0.2, -0.15) is 0 Å². The molecule has 0 bridgehead atoms. The van der Waals surface area contributed by atoms with Crippen LogP contribution in [0.15, 0.2) is 128 Å². The molecule has 5 aromatic rings. The van der Waals surface area contributed by atoms with Crippen molar-refractivity contribution >= 4 is 10.8 Å². The van der Waals surface area contributed by atoms with E-state index in [0.717, 1.165) is 19.3 Å². The van der Waals surface area contributed by atoms with Crippen LogP contribution < -0.4 is 0 Å². The molecule has 0 heteroatoms. The lowest BCUT2D eigenvalue weighted by Gasteiger charge is -2.15. The summed E-state index contributed by atoms with van der Waals surface area (Å²) < 4.78 is 0. The second-order valence-corrected chi connectivity index (χ2v) is 8.58. The molecule has 0 aromatic heterocycles. The summed E-state index contributed by atoms with van der Waals surface area (Å²) in [4.78, 5) is 0. The van der Waals surface area contributed by atoms with Crippen molar-refractivity contribution in [3.63, 3.8) is 0 Å². The lowest BCUT2D eigenvalue weighted by Crippen LogP contribution is -1.96. The summed E-state index contributed by atoms with van der Waals surface area (Å²) in [5.41, 5.74) is 9.20. The normalized spacial score (nSPS) is 10.9. The van der Waals surface area contributed by atoms with Gasteiger partial charge in [0, 0.05) is 0 Å². The van der Waals surface area contributed by atoms with E-state index in [1.54, 1.807) is 0 Å². The molecule has 0 atom stereocenters. The van der Waals surface area contributed by atoms with Gasteiger partial charge >= 0.3 is 0 Å². The number of hydrogen-bond acceptors (Lipinski definition) is 0. The topological polar surface area (TPSA) is 0 Å². The van der Waals surface area contributed by atoms with Crippen LogP contribution in [0.3, 0.4) is 0 Å². The van der Waals surface area contributed by atoms with Gasteiger partial charge in [0.1, 0.15) is 0 Å². The molecule has 0 spiro atoms. The maximum absolute atomic E-state index is 3.91. The van der Waals surface area contributed by atoms with Crippen molar-refractivity contribution in [1.29, 1.82) is 0 Å². The van der Waals surface area contributed by atoms with Crippen LogP contribution in [0.4, 0.5) is 0 Å². The highest BCUT2D eigenvalue weighted by atomic mass is 14.2. The van der Waals surface area contributed by atoms with Crippen molar-refractivity contribution in [3.8, 4) is 22.3 Å². The number of hydrogen-bond donors (Lipinski definition) is 0. The maximum atomic E-state index is 3.91. The molecule has 5 aromatic carbocycles. The van der Waals surface area contributed by atoms with E-state index in [4.69, 9.17) is 0 Å². The molecule has 0 nitrogen and oxygen atoms in total. The minimum atomic E-state index is 0.889. The Hall–Kier alpha value is -3.90. The fraction of sp³-hybridized carbons (Fsp3) is 0.0909. The van der Waals surface area contributed by atoms with Crippen LogP contribution in [-0.2, 0) is 19.3 Å². The van der Waals surface area contributed by atoms with Gasteiger partial charge in [0.15, 0.2) is 0 Å². The third kappa shape index (κ3) is 4.66. The summed E-state index contributed by atoms with van der Waals surface area (Å²) in [7, 11) is 0. The molecule has 0 aliphatic rings. The van der Waals surface area contributed by atoms with Crippen molar-refractivity contribution in [2.75, 3.05) is 0 Å². The monoisotopic (exact) mass is 424 g/mol. The predicted octanol–water partition coefficient (Wildman–Crippen LogP) is 8.69. The van der Waals surface area contributed by atoms with Gasteiger partial charge in [-0.15, -0.1) is 6.58 Å². The van der Waals surface area contributed by atoms with Crippen LogP contribution in [0.5, 0.6) is 0 Å². The van der Waals surface area contributed by atoms with Gasteiger partial charge in [-0.25, -0.2) is 0 Å². The zero-order valence-corrected chi connectivity index (χ0v) is 18.9. The highest BCUT2D eigenvalue weighted by Crippen LogP contribution is 2.35. The van der Waals surface area contributed by atoms with E-state index in [1.165, 1.54) is 49.7 Å². The first-order valence-corrected chi connectivity index (χ1v) is 11.7. The Bertz CT molecular complexity index is 1380. The lowest BCUT2D eigenvalue weighted by molar-refractivity contribution is 0.970. The van der Waals surface area contributed by atoms with Gasteiger partial charge < -0.3 is 0 Å². The van der Waals surface area contributed by atoms with Crippen LogP contribution in [0, 0.1) is 0 Å². The van der Waals surface area contributed by atoms with Crippen LogP contribution in [-0.4, -0.2) is 0 Å². The molecule has 0 amide bonds. The predicted molar refractivity (Wildman–Crippen MR) is 143 cm³/mol. The largest absolute Gasteiger partial charge is 0.103 e. The Morgan fingerprint density at radius 3 is 2.03 bits per heavy atom. The van der Waals surface area contributed by atoms with Crippen molar-refractivity contribution in [2.45, 2.75) is 19.3 Å². The van der Waals surface area contributed by atoms with Crippen LogP contribution in [0.25, 0.3) is 33.0 Å². The highest BCUT2D eigenvalue weighted by Gasteiger charge is 2.12. The number of aryl methyl sites for hydroxylation is 2. The first kappa shape index (κ1) is 21.0. The van der Waals surface area contributed by atoms with E-state index >= 15 is 0 Å². The van der Waals surface area contributed by atoms with Gasteiger partial charge in [-0.1, -0.05) is 115 Å². The van der Waals surface area contributed by atoms with Crippen molar-refractivity contribution in [3.05, 3.63) is 145 Å². The number of allylic oxidation sites excluding steroid dienone is 1. The standard InChI is InChI=1S/C33H28/c1-2-11-26-14-9-17-28(22-26)31-23-29-18-10-19-32(27-15-7-4-8-16-27)33(29)30(24-31)21-20-25-12-5-3-6-13-25/h2-10,12-19,22-24H,1,11,20-21H2. The first-order valence-electron chi connectivity index (χ1n) is 11.7. The second-order valence-electron chi connectivity index (χ2n) is 8.58. The average Bonchev–Trinajstić information content (AvgIpc) is 2.88. The molecule has 0 N–H and O–H groups in total. The molecule has 0 aliphatic carbocycles. The van der Waals surface area contributed by atoms with Crippen molar-refractivity contribution in [1.82, 2.24) is 0 Å². The van der Waals surface area contributed by atoms with Crippen LogP contribution >= 0.6 is 0 Å². The average molecular weight is 425 g/mol. The Morgan fingerprint density at radius 2 is 1.24 bits per heavy atom. The third-order valence-electron chi connectivity index (χ3n) is 6.31. The van der Waals surface area contributed by atoms with Gasteiger partial charge in [0.25, 0.3) is 0 Å². The Labute approximate surface area is 196 Å². The summed E-state index contributed by atoms with van der Waals surface area (Å²) in [5.74, 6) is 0. The lowest BCUT2D eigenvalue weighted by atomic mass is 9.89. The zero-order chi connectivity index (χ0) is 22.5. The van der Waals surface area contributed by atoms with Gasteiger partial charge in [-0.05, 0) is 75.0 Å². The molecule has 0 saturated carbocycles. The quantitative estimate of drug-likeness (QED) is 0.229. The molecule has 0 fully saturated rings. The first-order chi connectivity index (χ1) is 16.3. The molecular formula is C33H28. The molecule has 160 valence electrons. The van der Waals surface area contributed by atoms with Gasteiger partial charge in [0.2, 0.25) is 0 Å². The molecule has 0 aliphatic heterocycles. The fourth-order valence-electron chi connectivity index (χ4n) is 4.71. The second kappa shape index (κ2) is 9.71. The Morgan fingerprint density at radius 1 is 0.545 bits per heavy atom. The summed E-state index contributed by atoms with van der Waals surface area (Å²) >= 11 is 0. The van der Waals surface area contributed by atoms with E-state index in [0.29, 0.717) is 0 Å². The van der Waals surface area contributed by atoms with Crippen LogP contribution in [0.1, 0.15) is 16.7 Å². The van der Waals surface area contributed by atoms with Gasteiger partial charge in [0.05, 0.1) is 0 Å².